The summed E-state index contributed by atoms with van der Waals surface area (Å²) in [5.74, 6) is 0.971. The summed E-state index contributed by atoms with van der Waals surface area (Å²) < 4.78 is 5.57. The number of rotatable bonds is 3. The van der Waals surface area contributed by atoms with Crippen molar-refractivity contribution in [3.05, 3.63) is 53.2 Å². The Morgan fingerprint density at radius 2 is 2.17 bits per heavy atom. The molecule has 0 saturated heterocycles. The van der Waals surface area contributed by atoms with E-state index in [2.05, 4.69) is 11.1 Å². The second kappa shape index (κ2) is 5.11. The normalized spacial score (nSPS) is 9.56. The molecule has 4 heteroatoms. The van der Waals surface area contributed by atoms with Crippen LogP contribution in [0.3, 0.4) is 0 Å². The van der Waals surface area contributed by atoms with Gasteiger partial charge in [0.2, 0.25) is 5.88 Å². The number of pyridine rings is 1. The van der Waals surface area contributed by atoms with Crippen LogP contribution in [0.5, 0.6) is 11.6 Å². The maximum Gasteiger partial charge on any atom is 0.219 e. The van der Waals surface area contributed by atoms with Gasteiger partial charge in [-0.3, -0.25) is 4.79 Å². The Kier molecular flexibility index (Phi) is 3.35. The molecule has 0 spiro atoms. The van der Waals surface area contributed by atoms with Gasteiger partial charge in [0.25, 0.3) is 0 Å². The average Bonchev–Trinajstić information content (AvgIpc) is 2.42. The van der Waals surface area contributed by atoms with Gasteiger partial charge in [0, 0.05) is 17.8 Å². The topological polar surface area (TPSA) is 63.0 Å². The van der Waals surface area contributed by atoms with Crippen molar-refractivity contribution in [3.8, 4) is 17.7 Å². The Morgan fingerprint density at radius 1 is 1.33 bits per heavy atom. The predicted molar refractivity (Wildman–Crippen MR) is 65.6 cm³/mol. The predicted octanol–water partition coefficient (Wildman–Crippen LogP) is 2.87. The fourth-order valence-corrected chi connectivity index (χ4v) is 1.41. The molecule has 4 nitrogen and oxygen atoms in total. The first-order valence-electron chi connectivity index (χ1n) is 5.33. The Labute approximate surface area is 104 Å². The molecular weight excluding hydrogens is 228 g/mol. The lowest BCUT2D eigenvalue weighted by Gasteiger charge is -2.07. The smallest absolute Gasteiger partial charge is 0.219 e. The van der Waals surface area contributed by atoms with Crippen LogP contribution in [0.1, 0.15) is 21.5 Å². The third-order valence-corrected chi connectivity index (χ3v) is 2.43. The van der Waals surface area contributed by atoms with E-state index in [-0.39, 0.29) is 0 Å². The highest BCUT2D eigenvalue weighted by Crippen LogP contribution is 2.24. The molecule has 88 valence electrons. The molecule has 0 bridgehead atoms. The minimum atomic E-state index is 0.388. The quantitative estimate of drug-likeness (QED) is 0.771. The van der Waals surface area contributed by atoms with E-state index in [4.69, 9.17) is 10.00 Å². The van der Waals surface area contributed by atoms with E-state index in [1.165, 1.54) is 6.20 Å². The summed E-state index contributed by atoms with van der Waals surface area (Å²) in [7, 11) is 0. The van der Waals surface area contributed by atoms with Crippen molar-refractivity contribution in [2.75, 3.05) is 0 Å². The van der Waals surface area contributed by atoms with Crippen molar-refractivity contribution in [1.82, 2.24) is 4.98 Å². The van der Waals surface area contributed by atoms with Crippen LogP contribution in [0, 0.1) is 18.3 Å². The van der Waals surface area contributed by atoms with Gasteiger partial charge in [-0.05, 0) is 30.7 Å². The molecule has 0 saturated carbocycles. The zero-order valence-corrected chi connectivity index (χ0v) is 9.75. The first-order valence-corrected chi connectivity index (χ1v) is 5.33. The number of hydrogen-bond acceptors (Lipinski definition) is 4. The summed E-state index contributed by atoms with van der Waals surface area (Å²) in [6.07, 6.45) is 2.16. The average molecular weight is 238 g/mol. The molecule has 0 atom stereocenters. The molecule has 0 aliphatic carbocycles. The van der Waals surface area contributed by atoms with Gasteiger partial charge < -0.3 is 4.74 Å². The van der Waals surface area contributed by atoms with Crippen LogP contribution in [-0.2, 0) is 0 Å². The molecule has 1 aromatic carbocycles. The fourth-order valence-electron chi connectivity index (χ4n) is 1.41. The van der Waals surface area contributed by atoms with Gasteiger partial charge in [-0.2, -0.15) is 5.26 Å². The SMILES string of the molecule is Cc1ccc(C#N)cc1Oc1ccc(C=O)cn1. The first-order chi connectivity index (χ1) is 8.72. The molecule has 0 fully saturated rings. The van der Waals surface area contributed by atoms with Crippen molar-refractivity contribution >= 4 is 6.29 Å². The highest BCUT2D eigenvalue weighted by Gasteiger charge is 2.04. The lowest BCUT2D eigenvalue weighted by Crippen LogP contribution is -1.92. The molecule has 1 heterocycles. The lowest BCUT2D eigenvalue weighted by molar-refractivity contribution is 0.112. The summed E-state index contributed by atoms with van der Waals surface area (Å²) in [6, 6.07) is 10.5. The maximum atomic E-state index is 10.5. The van der Waals surface area contributed by atoms with Crippen LogP contribution in [0.2, 0.25) is 0 Å². The summed E-state index contributed by atoms with van der Waals surface area (Å²) in [6.45, 7) is 1.89. The van der Waals surface area contributed by atoms with E-state index >= 15 is 0 Å². The summed E-state index contributed by atoms with van der Waals surface area (Å²) >= 11 is 0. The lowest BCUT2D eigenvalue weighted by atomic mass is 10.1. The van der Waals surface area contributed by atoms with Crippen molar-refractivity contribution in [2.45, 2.75) is 6.92 Å². The molecule has 0 amide bonds. The van der Waals surface area contributed by atoms with Crippen LogP contribution in [0.15, 0.2) is 36.5 Å². The minimum Gasteiger partial charge on any atom is -0.439 e. The van der Waals surface area contributed by atoms with E-state index in [1.54, 1.807) is 24.3 Å². The van der Waals surface area contributed by atoms with E-state index < -0.39 is 0 Å². The standard InChI is InChI=1S/C14H10N2O2/c1-10-2-3-11(7-15)6-13(10)18-14-5-4-12(9-17)8-16-14/h2-6,8-9H,1H3. The Hall–Kier alpha value is -2.67. The highest BCUT2D eigenvalue weighted by molar-refractivity contribution is 5.74. The third kappa shape index (κ3) is 2.53. The Balaban J connectivity index is 2.27. The number of hydrogen-bond donors (Lipinski definition) is 0. The molecule has 0 radical (unpaired) electrons. The fraction of sp³-hybridized carbons (Fsp3) is 0.0714. The highest BCUT2D eigenvalue weighted by atomic mass is 16.5. The van der Waals surface area contributed by atoms with E-state index in [0.717, 1.165) is 11.8 Å². The zero-order valence-electron chi connectivity index (χ0n) is 9.75. The number of aromatic nitrogens is 1. The molecular formula is C14H10N2O2. The monoisotopic (exact) mass is 238 g/mol. The Bertz CT molecular complexity index is 613. The maximum absolute atomic E-state index is 10.5. The molecule has 0 unspecified atom stereocenters. The zero-order chi connectivity index (χ0) is 13.0. The summed E-state index contributed by atoms with van der Waals surface area (Å²) in [4.78, 5) is 14.5. The number of benzene rings is 1. The van der Waals surface area contributed by atoms with E-state index in [0.29, 0.717) is 22.8 Å². The van der Waals surface area contributed by atoms with Gasteiger partial charge in [-0.1, -0.05) is 6.07 Å². The van der Waals surface area contributed by atoms with Crippen LogP contribution in [0.25, 0.3) is 0 Å². The number of ether oxygens (including phenoxy) is 1. The van der Waals surface area contributed by atoms with Gasteiger partial charge in [-0.25, -0.2) is 4.98 Å². The van der Waals surface area contributed by atoms with Gasteiger partial charge in [0.15, 0.2) is 6.29 Å². The molecule has 0 aliphatic rings. The van der Waals surface area contributed by atoms with Gasteiger partial charge >= 0.3 is 0 Å². The number of aldehydes is 1. The van der Waals surface area contributed by atoms with E-state index in [1.807, 2.05) is 13.0 Å². The number of carbonyl (C=O) groups excluding carboxylic acids is 1. The third-order valence-electron chi connectivity index (χ3n) is 2.43. The largest absolute Gasteiger partial charge is 0.439 e. The molecule has 2 rings (SSSR count). The number of nitriles is 1. The second-order valence-corrected chi connectivity index (χ2v) is 3.74. The van der Waals surface area contributed by atoms with Crippen LogP contribution in [-0.4, -0.2) is 11.3 Å². The van der Waals surface area contributed by atoms with Gasteiger partial charge in [0.05, 0.1) is 11.6 Å². The number of aryl methyl sites for hydroxylation is 1. The van der Waals surface area contributed by atoms with E-state index in [9.17, 15) is 4.79 Å². The van der Waals surface area contributed by atoms with Gasteiger partial charge in [0.1, 0.15) is 5.75 Å². The summed E-state index contributed by atoms with van der Waals surface area (Å²) in [5, 5.41) is 8.83. The molecule has 18 heavy (non-hydrogen) atoms. The Morgan fingerprint density at radius 3 is 2.78 bits per heavy atom. The van der Waals surface area contributed by atoms with Crippen molar-refractivity contribution in [1.29, 1.82) is 5.26 Å². The molecule has 0 N–H and O–H groups in total. The summed E-state index contributed by atoms with van der Waals surface area (Å²) in [5.41, 5.74) is 1.93. The van der Waals surface area contributed by atoms with Crippen molar-refractivity contribution in [2.24, 2.45) is 0 Å². The molecule has 1 aromatic heterocycles. The number of nitrogens with zero attached hydrogens (tertiary/aromatic N) is 2. The van der Waals surface area contributed by atoms with Crippen molar-refractivity contribution < 1.29 is 9.53 Å². The first kappa shape index (κ1) is 11.8. The van der Waals surface area contributed by atoms with Crippen molar-refractivity contribution in [3.63, 3.8) is 0 Å². The molecule has 0 aliphatic heterocycles. The number of carbonyl (C=O) groups is 1. The molecule has 2 aromatic rings. The van der Waals surface area contributed by atoms with Gasteiger partial charge in [-0.15, -0.1) is 0 Å². The van der Waals surface area contributed by atoms with Crippen LogP contribution >= 0.6 is 0 Å². The minimum absolute atomic E-state index is 0.388. The second-order valence-electron chi connectivity index (χ2n) is 3.74. The van der Waals surface area contributed by atoms with Crippen LogP contribution < -0.4 is 4.74 Å². The van der Waals surface area contributed by atoms with Crippen LogP contribution in [0.4, 0.5) is 0 Å².